The summed E-state index contributed by atoms with van der Waals surface area (Å²) < 4.78 is 0. The SMILES string of the molecule is C/C=C/C=C\CCC(=O)CC(=O)O. The van der Waals surface area contributed by atoms with E-state index in [1.807, 2.05) is 31.2 Å². The van der Waals surface area contributed by atoms with Crippen LogP contribution in [0.4, 0.5) is 0 Å². The predicted octanol–water partition coefficient (Wildman–Crippen LogP) is 1.94. The molecule has 13 heavy (non-hydrogen) atoms. The van der Waals surface area contributed by atoms with E-state index >= 15 is 0 Å². The number of Topliss-reactive ketones (excluding diaryl/α,β-unsaturated/α-hetero) is 1. The van der Waals surface area contributed by atoms with Gasteiger partial charge in [-0.15, -0.1) is 0 Å². The van der Waals surface area contributed by atoms with Crippen LogP contribution in [0.1, 0.15) is 26.2 Å². The van der Waals surface area contributed by atoms with E-state index in [1.165, 1.54) is 0 Å². The van der Waals surface area contributed by atoms with Gasteiger partial charge in [-0.2, -0.15) is 0 Å². The summed E-state index contributed by atoms with van der Waals surface area (Å²) in [5.74, 6) is -1.28. The van der Waals surface area contributed by atoms with Crippen LogP contribution >= 0.6 is 0 Å². The van der Waals surface area contributed by atoms with Crippen molar-refractivity contribution in [2.45, 2.75) is 26.2 Å². The first kappa shape index (κ1) is 11.6. The molecule has 0 atom stereocenters. The summed E-state index contributed by atoms with van der Waals surface area (Å²) in [4.78, 5) is 20.9. The largest absolute Gasteiger partial charge is 0.481 e. The minimum atomic E-state index is -1.05. The lowest BCUT2D eigenvalue weighted by Crippen LogP contribution is -2.05. The first-order chi connectivity index (χ1) is 6.16. The maximum Gasteiger partial charge on any atom is 0.310 e. The van der Waals surface area contributed by atoms with Crippen molar-refractivity contribution in [3.63, 3.8) is 0 Å². The van der Waals surface area contributed by atoms with Crippen molar-refractivity contribution in [1.29, 1.82) is 0 Å². The molecule has 0 spiro atoms. The molecular weight excluding hydrogens is 168 g/mol. The van der Waals surface area contributed by atoms with E-state index in [9.17, 15) is 9.59 Å². The van der Waals surface area contributed by atoms with E-state index in [1.54, 1.807) is 0 Å². The first-order valence-electron chi connectivity index (χ1n) is 4.18. The molecule has 0 amide bonds. The second-order valence-electron chi connectivity index (χ2n) is 2.60. The predicted molar refractivity (Wildman–Crippen MR) is 50.4 cm³/mol. The Morgan fingerprint density at radius 2 is 2.00 bits per heavy atom. The van der Waals surface area contributed by atoms with Crippen molar-refractivity contribution in [3.05, 3.63) is 24.3 Å². The number of ketones is 1. The number of rotatable bonds is 6. The molecule has 0 aromatic rings. The number of allylic oxidation sites excluding steroid dienone is 4. The number of hydrogen-bond donors (Lipinski definition) is 1. The van der Waals surface area contributed by atoms with Crippen LogP contribution in [0.15, 0.2) is 24.3 Å². The minimum absolute atomic E-state index is 0.224. The lowest BCUT2D eigenvalue weighted by molar-refractivity contribution is -0.140. The highest BCUT2D eigenvalue weighted by atomic mass is 16.4. The van der Waals surface area contributed by atoms with Crippen molar-refractivity contribution < 1.29 is 14.7 Å². The summed E-state index contributed by atoms with van der Waals surface area (Å²) in [6.07, 6.45) is 7.99. The Hall–Kier alpha value is -1.38. The van der Waals surface area contributed by atoms with Gasteiger partial charge in [-0.05, 0) is 13.3 Å². The highest BCUT2D eigenvalue weighted by Gasteiger charge is 2.05. The second kappa shape index (κ2) is 7.28. The van der Waals surface area contributed by atoms with Gasteiger partial charge in [-0.25, -0.2) is 0 Å². The summed E-state index contributed by atoms with van der Waals surface area (Å²) in [5.41, 5.74) is 0. The highest BCUT2D eigenvalue weighted by molar-refractivity contribution is 5.94. The summed E-state index contributed by atoms with van der Waals surface area (Å²) in [7, 11) is 0. The summed E-state index contributed by atoms with van der Waals surface area (Å²) in [5, 5.41) is 8.27. The van der Waals surface area contributed by atoms with Crippen LogP contribution in [0.3, 0.4) is 0 Å². The Morgan fingerprint density at radius 3 is 2.54 bits per heavy atom. The van der Waals surface area contributed by atoms with Gasteiger partial charge in [0.25, 0.3) is 0 Å². The fourth-order valence-corrected chi connectivity index (χ4v) is 0.787. The standard InChI is InChI=1S/C10H14O3/c1-2-3-4-5-6-7-9(11)8-10(12)13/h2-5H,6-8H2,1H3,(H,12,13)/b3-2+,5-4-. The Morgan fingerprint density at radius 1 is 1.31 bits per heavy atom. The van der Waals surface area contributed by atoms with E-state index in [2.05, 4.69) is 0 Å². The lowest BCUT2D eigenvalue weighted by atomic mass is 10.1. The molecular formula is C10H14O3. The molecule has 0 unspecified atom stereocenters. The molecule has 0 heterocycles. The maximum absolute atomic E-state index is 10.9. The molecule has 0 aromatic carbocycles. The smallest absolute Gasteiger partial charge is 0.310 e. The monoisotopic (exact) mass is 182 g/mol. The molecule has 0 radical (unpaired) electrons. The van der Waals surface area contributed by atoms with Crippen molar-refractivity contribution in [3.8, 4) is 0 Å². The Bertz CT molecular complexity index is 226. The van der Waals surface area contributed by atoms with Crippen LogP contribution in [0.2, 0.25) is 0 Å². The lowest BCUT2D eigenvalue weighted by Gasteiger charge is -1.92. The summed E-state index contributed by atoms with van der Waals surface area (Å²) in [6, 6.07) is 0. The van der Waals surface area contributed by atoms with E-state index in [0.717, 1.165) is 0 Å². The first-order valence-corrected chi connectivity index (χ1v) is 4.18. The zero-order valence-corrected chi connectivity index (χ0v) is 7.69. The van der Waals surface area contributed by atoms with Gasteiger partial charge in [-0.1, -0.05) is 24.3 Å². The van der Waals surface area contributed by atoms with E-state index in [0.29, 0.717) is 12.8 Å². The molecule has 0 bridgehead atoms. The van der Waals surface area contributed by atoms with E-state index in [4.69, 9.17) is 5.11 Å². The molecule has 0 fully saturated rings. The molecule has 72 valence electrons. The Kier molecular flexibility index (Phi) is 6.51. The van der Waals surface area contributed by atoms with Crippen molar-refractivity contribution in [1.82, 2.24) is 0 Å². The van der Waals surface area contributed by atoms with Crippen molar-refractivity contribution in [2.24, 2.45) is 0 Å². The third-order valence-corrected chi connectivity index (χ3v) is 1.38. The fraction of sp³-hybridized carbons (Fsp3) is 0.400. The van der Waals surface area contributed by atoms with E-state index in [-0.39, 0.29) is 12.2 Å². The molecule has 0 aromatic heterocycles. The fourth-order valence-electron chi connectivity index (χ4n) is 0.787. The molecule has 0 aliphatic carbocycles. The van der Waals surface area contributed by atoms with Gasteiger partial charge >= 0.3 is 5.97 Å². The molecule has 1 N–H and O–H groups in total. The van der Waals surface area contributed by atoms with Gasteiger partial charge in [0.2, 0.25) is 0 Å². The van der Waals surface area contributed by atoms with Crippen LogP contribution in [0, 0.1) is 0 Å². The topological polar surface area (TPSA) is 54.4 Å². The van der Waals surface area contributed by atoms with Crippen LogP contribution in [0.25, 0.3) is 0 Å². The number of carbonyl (C=O) groups excluding carboxylic acids is 1. The van der Waals surface area contributed by atoms with Crippen molar-refractivity contribution >= 4 is 11.8 Å². The minimum Gasteiger partial charge on any atom is -0.481 e. The number of carboxylic acids is 1. The third-order valence-electron chi connectivity index (χ3n) is 1.38. The van der Waals surface area contributed by atoms with E-state index < -0.39 is 5.97 Å². The molecule has 0 rings (SSSR count). The average molecular weight is 182 g/mol. The summed E-state index contributed by atoms with van der Waals surface area (Å²) in [6.45, 7) is 1.90. The van der Waals surface area contributed by atoms with Gasteiger partial charge in [0.1, 0.15) is 12.2 Å². The van der Waals surface area contributed by atoms with Crippen LogP contribution in [-0.4, -0.2) is 16.9 Å². The Labute approximate surface area is 77.8 Å². The quantitative estimate of drug-likeness (QED) is 0.504. The van der Waals surface area contributed by atoms with Crippen LogP contribution in [0.5, 0.6) is 0 Å². The molecule has 3 nitrogen and oxygen atoms in total. The van der Waals surface area contributed by atoms with Gasteiger partial charge in [0.05, 0.1) is 0 Å². The van der Waals surface area contributed by atoms with Crippen LogP contribution < -0.4 is 0 Å². The third kappa shape index (κ3) is 8.53. The molecule has 3 heteroatoms. The van der Waals surface area contributed by atoms with Gasteiger partial charge < -0.3 is 5.11 Å². The average Bonchev–Trinajstić information content (AvgIpc) is 2.02. The van der Waals surface area contributed by atoms with Crippen LogP contribution in [-0.2, 0) is 9.59 Å². The van der Waals surface area contributed by atoms with Gasteiger partial charge in [-0.3, -0.25) is 9.59 Å². The number of aliphatic carboxylic acids is 1. The molecule has 0 saturated heterocycles. The molecule has 0 aliphatic heterocycles. The number of hydrogen-bond acceptors (Lipinski definition) is 2. The van der Waals surface area contributed by atoms with Crippen molar-refractivity contribution in [2.75, 3.05) is 0 Å². The Balaban J connectivity index is 3.53. The van der Waals surface area contributed by atoms with Gasteiger partial charge in [0.15, 0.2) is 0 Å². The number of carboxylic acid groups (broad SMARTS) is 1. The molecule has 0 saturated carbocycles. The normalized spacial score (nSPS) is 11.2. The molecule has 0 aliphatic rings. The highest BCUT2D eigenvalue weighted by Crippen LogP contribution is 1.96. The van der Waals surface area contributed by atoms with Gasteiger partial charge in [0, 0.05) is 6.42 Å². The summed E-state index contributed by atoms with van der Waals surface area (Å²) >= 11 is 0. The maximum atomic E-state index is 10.9. The second-order valence-corrected chi connectivity index (χ2v) is 2.60. The number of carbonyl (C=O) groups is 2. The zero-order chi connectivity index (χ0) is 10.1. The zero-order valence-electron chi connectivity index (χ0n) is 7.69.